The molecule has 0 aliphatic carbocycles. The van der Waals surface area contributed by atoms with Gasteiger partial charge < -0.3 is 4.74 Å². The monoisotopic (exact) mass is 368 g/mol. The number of ether oxygens (including phenoxy) is 1. The van der Waals surface area contributed by atoms with Gasteiger partial charge in [0.25, 0.3) is 5.91 Å². The molecular weight excluding hydrogens is 354 g/mol. The van der Waals surface area contributed by atoms with E-state index in [9.17, 15) is 9.18 Å². The lowest BCUT2D eigenvalue weighted by atomic mass is 10.2. The van der Waals surface area contributed by atoms with Crippen LogP contribution >= 0.6 is 23.2 Å². The maximum Gasteiger partial charge on any atom is 0.280 e. The average molecular weight is 369 g/mol. The standard InChI is InChI=1S/C17H15Cl2FN2O2/c1-10-8-12(18)6-7-16(10)24-11(2)17(23)22-21-9-13-14(19)4-3-5-15(13)20/h3-9,11H,1-2H3,(H,22,23)/b21-9+. The lowest BCUT2D eigenvalue weighted by Crippen LogP contribution is -2.33. The SMILES string of the molecule is Cc1cc(Cl)ccc1OC(C)C(=O)N/N=C/c1c(F)cccc1Cl. The first-order chi connectivity index (χ1) is 11.4. The molecule has 0 aliphatic heterocycles. The van der Waals surface area contributed by atoms with Crippen molar-refractivity contribution in [2.45, 2.75) is 20.0 Å². The Bertz CT molecular complexity index is 761. The van der Waals surface area contributed by atoms with E-state index in [0.29, 0.717) is 10.8 Å². The van der Waals surface area contributed by atoms with Crippen molar-refractivity contribution in [2.75, 3.05) is 0 Å². The van der Waals surface area contributed by atoms with E-state index in [1.165, 1.54) is 18.2 Å². The lowest BCUT2D eigenvalue weighted by molar-refractivity contribution is -0.127. The molecule has 0 heterocycles. The van der Waals surface area contributed by atoms with Crippen molar-refractivity contribution in [1.82, 2.24) is 5.43 Å². The molecule has 7 heteroatoms. The minimum absolute atomic E-state index is 0.0987. The van der Waals surface area contributed by atoms with E-state index in [0.717, 1.165) is 11.8 Å². The molecule has 0 bridgehead atoms. The predicted octanol–water partition coefficient (Wildman–Crippen LogP) is 4.36. The Morgan fingerprint density at radius 1 is 1.33 bits per heavy atom. The molecule has 4 nitrogen and oxygen atoms in total. The number of nitrogens with one attached hydrogen (secondary N) is 1. The van der Waals surface area contributed by atoms with E-state index >= 15 is 0 Å². The molecular formula is C17H15Cl2FN2O2. The number of rotatable bonds is 5. The molecule has 0 saturated carbocycles. The van der Waals surface area contributed by atoms with Crippen LogP contribution in [0.3, 0.4) is 0 Å². The van der Waals surface area contributed by atoms with Crippen LogP contribution in [0.25, 0.3) is 0 Å². The highest BCUT2D eigenvalue weighted by Crippen LogP contribution is 2.22. The van der Waals surface area contributed by atoms with Gasteiger partial charge in [0.05, 0.1) is 11.2 Å². The van der Waals surface area contributed by atoms with Crippen molar-refractivity contribution in [2.24, 2.45) is 5.10 Å². The van der Waals surface area contributed by atoms with E-state index in [-0.39, 0.29) is 10.6 Å². The van der Waals surface area contributed by atoms with Gasteiger partial charge in [0.1, 0.15) is 11.6 Å². The van der Waals surface area contributed by atoms with Crippen molar-refractivity contribution in [3.63, 3.8) is 0 Å². The van der Waals surface area contributed by atoms with Crippen molar-refractivity contribution in [3.8, 4) is 5.75 Å². The largest absolute Gasteiger partial charge is 0.481 e. The summed E-state index contributed by atoms with van der Waals surface area (Å²) >= 11 is 11.7. The molecule has 1 unspecified atom stereocenters. The molecule has 24 heavy (non-hydrogen) atoms. The summed E-state index contributed by atoms with van der Waals surface area (Å²) in [5.41, 5.74) is 3.20. The highest BCUT2D eigenvalue weighted by Gasteiger charge is 2.15. The van der Waals surface area contributed by atoms with Gasteiger partial charge in [-0.1, -0.05) is 29.3 Å². The summed E-state index contributed by atoms with van der Waals surface area (Å²) in [6, 6.07) is 9.36. The Kier molecular flexibility index (Phi) is 6.17. The van der Waals surface area contributed by atoms with Gasteiger partial charge >= 0.3 is 0 Å². The van der Waals surface area contributed by atoms with E-state index in [4.69, 9.17) is 27.9 Å². The molecule has 126 valence electrons. The van der Waals surface area contributed by atoms with E-state index in [2.05, 4.69) is 10.5 Å². The van der Waals surface area contributed by atoms with Gasteiger partial charge in [-0.15, -0.1) is 0 Å². The zero-order valence-electron chi connectivity index (χ0n) is 13.0. The number of halogens is 3. The maximum atomic E-state index is 13.6. The van der Waals surface area contributed by atoms with Crippen LogP contribution in [0.2, 0.25) is 10.0 Å². The number of carbonyl (C=O) groups is 1. The van der Waals surface area contributed by atoms with Crippen LogP contribution in [-0.2, 0) is 4.79 Å². The highest BCUT2D eigenvalue weighted by molar-refractivity contribution is 6.33. The fourth-order valence-electron chi connectivity index (χ4n) is 1.87. The quantitative estimate of drug-likeness (QED) is 0.629. The minimum atomic E-state index is -0.793. The van der Waals surface area contributed by atoms with Gasteiger partial charge in [-0.05, 0) is 49.7 Å². The molecule has 0 aliphatic rings. The summed E-state index contributed by atoms with van der Waals surface area (Å²) in [5, 5.41) is 4.50. The predicted molar refractivity (Wildman–Crippen MR) is 93.4 cm³/mol. The molecule has 0 spiro atoms. The molecule has 0 fully saturated rings. The summed E-state index contributed by atoms with van der Waals surface area (Å²) < 4.78 is 19.1. The van der Waals surface area contributed by atoms with E-state index in [1.807, 2.05) is 6.92 Å². The molecule has 0 radical (unpaired) electrons. The smallest absolute Gasteiger partial charge is 0.280 e. The first kappa shape index (κ1) is 18.2. The number of hydrogen-bond donors (Lipinski definition) is 1. The van der Waals surface area contributed by atoms with Crippen LogP contribution in [-0.4, -0.2) is 18.2 Å². The molecule has 0 aromatic heterocycles. The molecule has 2 aromatic rings. The summed E-state index contributed by atoms with van der Waals surface area (Å²) in [6.45, 7) is 3.40. The van der Waals surface area contributed by atoms with Gasteiger partial charge in [0.15, 0.2) is 6.10 Å². The third-order valence-electron chi connectivity index (χ3n) is 3.18. The van der Waals surface area contributed by atoms with Crippen LogP contribution < -0.4 is 10.2 Å². The van der Waals surface area contributed by atoms with E-state index in [1.54, 1.807) is 25.1 Å². The number of aryl methyl sites for hydroxylation is 1. The normalized spacial score (nSPS) is 12.2. The Balaban J connectivity index is 1.98. The van der Waals surface area contributed by atoms with Crippen LogP contribution in [0.5, 0.6) is 5.75 Å². The Morgan fingerprint density at radius 2 is 2.08 bits per heavy atom. The number of amides is 1. The van der Waals surface area contributed by atoms with Crippen LogP contribution in [0.15, 0.2) is 41.5 Å². The van der Waals surface area contributed by atoms with E-state index < -0.39 is 17.8 Å². The number of hydrogen-bond acceptors (Lipinski definition) is 3. The summed E-state index contributed by atoms with van der Waals surface area (Å²) in [5.74, 6) is -0.460. The van der Waals surface area contributed by atoms with Gasteiger partial charge in [-0.3, -0.25) is 4.79 Å². The lowest BCUT2D eigenvalue weighted by Gasteiger charge is -2.14. The Morgan fingerprint density at radius 3 is 2.75 bits per heavy atom. The van der Waals surface area contributed by atoms with Crippen LogP contribution in [0, 0.1) is 12.7 Å². The van der Waals surface area contributed by atoms with Crippen LogP contribution in [0.1, 0.15) is 18.1 Å². The van der Waals surface area contributed by atoms with Crippen LogP contribution in [0.4, 0.5) is 4.39 Å². The molecule has 0 saturated heterocycles. The second-order valence-corrected chi connectivity index (χ2v) is 5.88. The molecule has 1 atom stereocenters. The Labute approximate surface area is 149 Å². The van der Waals surface area contributed by atoms with Crippen molar-refractivity contribution in [1.29, 1.82) is 0 Å². The number of hydrazone groups is 1. The van der Waals surface area contributed by atoms with Crippen molar-refractivity contribution >= 4 is 35.3 Å². The minimum Gasteiger partial charge on any atom is -0.481 e. The van der Waals surface area contributed by atoms with Gasteiger partial charge in [-0.25, -0.2) is 9.82 Å². The number of nitrogens with zero attached hydrogens (tertiary/aromatic N) is 1. The average Bonchev–Trinajstić information content (AvgIpc) is 2.52. The zero-order valence-corrected chi connectivity index (χ0v) is 14.5. The third-order valence-corrected chi connectivity index (χ3v) is 3.74. The zero-order chi connectivity index (χ0) is 17.7. The molecule has 1 amide bonds. The second kappa shape index (κ2) is 8.13. The second-order valence-electron chi connectivity index (χ2n) is 5.04. The topological polar surface area (TPSA) is 50.7 Å². The van der Waals surface area contributed by atoms with Gasteiger partial charge in [-0.2, -0.15) is 5.10 Å². The van der Waals surface area contributed by atoms with Gasteiger partial charge in [0, 0.05) is 10.6 Å². The fraction of sp³-hybridized carbons (Fsp3) is 0.176. The fourth-order valence-corrected chi connectivity index (χ4v) is 2.31. The molecule has 2 rings (SSSR count). The first-order valence-corrected chi connectivity index (χ1v) is 7.84. The van der Waals surface area contributed by atoms with Gasteiger partial charge in [0.2, 0.25) is 0 Å². The first-order valence-electron chi connectivity index (χ1n) is 7.08. The number of carbonyl (C=O) groups excluding carboxylic acids is 1. The van der Waals surface area contributed by atoms with Crippen molar-refractivity contribution in [3.05, 3.63) is 63.4 Å². The maximum absolute atomic E-state index is 13.6. The summed E-state index contributed by atoms with van der Waals surface area (Å²) in [7, 11) is 0. The molecule has 2 aromatic carbocycles. The Hall–Kier alpha value is -2.11. The summed E-state index contributed by atoms with van der Waals surface area (Å²) in [6.07, 6.45) is 0.355. The highest BCUT2D eigenvalue weighted by atomic mass is 35.5. The number of benzene rings is 2. The van der Waals surface area contributed by atoms with Crippen molar-refractivity contribution < 1.29 is 13.9 Å². The molecule has 1 N–H and O–H groups in total. The summed E-state index contributed by atoms with van der Waals surface area (Å²) in [4.78, 5) is 12.0. The third kappa shape index (κ3) is 4.69.